The Hall–Kier alpha value is -2.83. The number of halogens is 2. The van der Waals surface area contributed by atoms with Crippen molar-refractivity contribution in [2.75, 3.05) is 18.4 Å². The number of aromatic nitrogens is 1. The fourth-order valence-corrected chi connectivity index (χ4v) is 4.38. The molecule has 1 aromatic heterocycles. The predicted octanol–water partition coefficient (Wildman–Crippen LogP) is 4.57. The molecule has 0 atom stereocenters. The van der Waals surface area contributed by atoms with E-state index in [-0.39, 0.29) is 17.4 Å². The Morgan fingerprint density at radius 2 is 1.77 bits per heavy atom. The molecule has 0 spiro atoms. The second-order valence-electron chi connectivity index (χ2n) is 7.53. The summed E-state index contributed by atoms with van der Waals surface area (Å²) in [5.41, 5.74) is 0.733. The topological polar surface area (TPSA) is 71.4 Å². The van der Waals surface area contributed by atoms with Crippen LogP contribution < -0.4 is 10.9 Å². The third-order valence-corrected chi connectivity index (χ3v) is 5.83. The molecule has 1 aliphatic rings. The Morgan fingerprint density at radius 3 is 2.48 bits per heavy atom. The van der Waals surface area contributed by atoms with Gasteiger partial charge in [-0.3, -0.25) is 14.4 Å². The van der Waals surface area contributed by atoms with Gasteiger partial charge < -0.3 is 14.8 Å². The van der Waals surface area contributed by atoms with E-state index in [4.69, 9.17) is 23.2 Å². The number of likely N-dealkylation sites (tertiary alicyclic amines) is 1. The smallest absolute Gasteiger partial charge is 0.258 e. The number of carbonyl (C=O) groups is 2. The summed E-state index contributed by atoms with van der Waals surface area (Å²) in [6.07, 6.45) is 3.96. The van der Waals surface area contributed by atoms with E-state index < -0.39 is 0 Å². The summed E-state index contributed by atoms with van der Waals surface area (Å²) in [5.74, 6) is -0.177. The van der Waals surface area contributed by atoms with Crippen LogP contribution in [-0.2, 0) is 11.3 Å². The number of hydrogen-bond donors (Lipinski definition) is 1. The zero-order valence-electron chi connectivity index (χ0n) is 16.7. The fourth-order valence-electron chi connectivity index (χ4n) is 3.86. The quantitative estimate of drug-likeness (QED) is 0.588. The van der Waals surface area contributed by atoms with Crippen LogP contribution in [-0.4, -0.2) is 34.4 Å². The van der Waals surface area contributed by atoms with Crippen molar-refractivity contribution in [1.29, 1.82) is 0 Å². The fraction of sp³-hybridized carbons (Fsp3) is 0.261. The van der Waals surface area contributed by atoms with E-state index in [1.807, 2.05) is 11.0 Å². The van der Waals surface area contributed by atoms with E-state index in [2.05, 4.69) is 5.32 Å². The van der Waals surface area contributed by atoms with E-state index in [1.54, 1.807) is 35.0 Å². The number of benzene rings is 2. The van der Waals surface area contributed by atoms with Gasteiger partial charge in [-0.15, -0.1) is 0 Å². The van der Waals surface area contributed by atoms with Gasteiger partial charge in [0.15, 0.2) is 0 Å². The summed E-state index contributed by atoms with van der Waals surface area (Å²) in [4.78, 5) is 39.2. The third-order valence-electron chi connectivity index (χ3n) is 5.39. The summed E-state index contributed by atoms with van der Waals surface area (Å²) in [6, 6.07) is 11.7. The molecule has 6 nitrogen and oxygen atoms in total. The number of nitrogens with one attached hydrogen (secondary N) is 1. The van der Waals surface area contributed by atoms with Crippen molar-refractivity contribution in [2.24, 2.45) is 0 Å². The molecule has 0 radical (unpaired) electrons. The first-order valence-electron chi connectivity index (χ1n) is 10.1. The van der Waals surface area contributed by atoms with Crippen LogP contribution in [0.2, 0.25) is 10.0 Å². The van der Waals surface area contributed by atoms with Gasteiger partial charge in [0.2, 0.25) is 5.91 Å². The van der Waals surface area contributed by atoms with Gasteiger partial charge in [0.05, 0.1) is 0 Å². The van der Waals surface area contributed by atoms with Crippen LogP contribution in [0.5, 0.6) is 0 Å². The molecule has 4 rings (SSSR count). The highest BCUT2D eigenvalue weighted by Gasteiger charge is 2.19. The Labute approximate surface area is 189 Å². The molecule has 1 fully saturated rings. The number of pyridine rings is 1. The number of anilines is 1. The summed E-state index contributed by atoms with van der Waals surface area (Å²) < 4.78 is 1.64. The average molecular weight is 458 g/mol. The lowest BCUT2D eigenvalue weighted by molar-refractivity contribution is -0.127. The minimum Gasteiger partial charge on any atom is -0.343 e. The highest BCUT2D eigenvalue weighted by molar-refractivity contribution is 6.35. The highest BCUT2D eigenvalue weighted by atomic mass is 35.5. The zero-order chi connectivity index (χ0) is 22.0. The Bertz CT molecular complexity index is 1200. The van der Waals surface area contributed by atoms with Gasteiger partial charge in [0.25, 0.3) is 11.5 Å². The Morgan fingerprint density at radius 1 is 1.00 bits per heavy atom. The van der Waals surface area contributed by atoms with E-state index in [1.165, 1.54) is 12.1 Å². The van der Waals surface area contributed by atoms with Crippen LogP contribution in [0.15, 0.2) is 53.5 Å². The van der Waals surface area contributed by atoms with Gasteiger partial charge in [-0.25, -0.2) is 0 Å². The second-order valence-corrected chi connectivity index (χ2v) is 8.40. The van der Waals surface area contributed by atoms with Crippen LogP contribution >= 0.6 is 23.2 Å². The third kappa shape index (κ3) is 4.75. The molecule has 3 aromatic rings. The van der Waals surface area contributed by atoms with Crippen molar-refractivity contribution in [3.8, 4) is 0 Å². The highest BCUT2D eigenvalue weighted by Crippen LogP contribution is 2.24. The van der Waals surface area contributed by atoms with Crippen LogP contribution in [0, 0.1) is 0 Å². The number of hydrogen-bond acceptors (Lipinski definition) is 3. The molecular formula is C23H21Cl2N3O3. The van der Waals surface area contributed by atoms with E-state index in [9.17, 15) is 14.4 Å². The first kappa shape index (κ1) is 21.4. The summed E-state index contributed by atoms with van der Waals surface area (Å²) in [5, 5.41) is 4.75. The lowest BCUT2D eigenvalue weighted by Gasteiger charge is -2.16. The molecule has 2 heterocycles. The van der Waals surface area contributed by atoms with Gasteiger partial charge in [0.1, 0.15) is 0 Å². The molecule has 2 amide bonds. The number of amides is 2. The zero-order valence-corrected chi connectivity index (χ0v) is 18.2. The maximum absolute atomic E-state index is 13.0. The molecule has 1 aliphatic heterocycles. The van der Waals surface area contributed by atoms with Crippen molar-refractivity contribution in [3.05, 3.63) is 74.6 Å². The molecule has 1 N–H and O–H groups in total. The van der Waals surface area contributed by atoms with Gasteiger partial charge in [-0.1, -0.05) is 29.3 Å². The lowest BCUT2D eigenvalue weighted by atomic mass is 10.1. The predicted molar refractivity (Wildman–Crippen MR) is 123 cm³/mol. The molecule has 1 saturated heterocycles. The number of carbonyl (C=O) groups excluding carboxylic acids is 2. The Kier molecular flexibility index (Phi) is 6.30. The molecular weight excluding hydrogens is 437 g/mol. The van der Waals surface area contributed by atoms with E-state index >= 15 is 0 Å². The van der Waals surface area contributed by atoms with Crippen molar-refractivity contribution in [3.63, 3.8) is 0 Å². The monoisotopic (exact) mass is 457 g/mol. The molecule has 2 aromatic carbocycles. The molecule has 8 heteroatoms. The average Bonchev–Trinajstić information content (AvgIpc) is 3.14. The largest absolute Gasteiger partial charge is 0.343 e. The second kappa shape index (κ2) is 9.12. The Balaban J connectivity index is 1.53. The SMILES string of the molecule is O=C(Nc1cccc2c(=O)n(CCCN3CCCC3=O)ccc12)c1cc(Cl)cc(Cl)c1. The van der Waals surface area contributed by atoms with Crippen molar-refractivity contribution >= 4 is 51.5 Å². The van der Waals surface area contributed by atoms with Crippen LogP contribution in [0.4, 0.5) is 5.69 Å². The standard InChI is InChI=1S/C23H21Cl2N3O3/c24-16-12-15(13-17(25)14-16)22(30)26-20-5-1-4-19-18(20)7-11-28(23(19)31)10-3-9-27-8-2-6-21(27)29/h1,4-5,7,11-14H,2-3,6,8-10H2,(H,26,30). The maximum atomic E-state index is 13.0. The maximum Gasteiger partial charge on any atom is 0.258 e. The number of aryl methyl sites for hydroxylation is 1. The number of fused-ring (bicyclic) bond motifs is 1. The molecule has 0 unspecified atom stereocenters. The first-order valence-corrected chi connectivity index (χ1v) is 10.9. The van der Waals surface area contributed by atoms with Crippen molar-refractivity contribution < 1.29 is 9.59 Å². The van der Waals surface area contributed by atoms with Crippen LogP contribution in [0.25, 0.3) is 10.8 Å². The minimum absolute atomic E-state index is 0.132. The summed E-state index contributed by atoms with van der Waals surface area (Å²) >= 11 is 12.0. The van der Waals surface area contributed by atoms with Crippen LogP contribution in [0.1, 0.15) is 29.6 Å². The number of nitrogens with zero attached hydrogens (tertiary/aromatic N) is 2. The van der Waals surface area contributed by atoms with Gasteiger partial charge in [0, 0.05) is 64.3 Å². The van der Waals surface area contributed by atoms with E-state index in [0.717, 1.165) is 13.0 Å². The summed E-state index contributed by atoms with van der Waals surface area (Å²) in [7, 11) is 0. The normalized spacial score (nSPS) is 13.7. The van der Waals surface area contributed by atoms with Gasteiger partial charge in [-0.05, 0) is 49.2 Å². The lowest BCUT2D eigenvalue weighted by Crippen LogP contribution is -2.28. The molecule has 31 heavy (non-hydrogen) atoms. The number of rotatable bonds is 6. The molecule has 0 aliphatic carbocycles. The van der Waals surface area contributed by atoms with Crippen LogP contribution in [0.3, 0.4) is 0 Å². The van der Waals surface area contributed by atoms with Crippen molar-refractivity contribution in [2.45, 2.75) is 25.8 Å². The van der Waals surface area contributed by atoms with Gasteiger partial charge >= 0.3 is 0 Å². The van der Waals surface area contributed by atoms with E-state index in [0.29, 0.717) is 58.0 Å². The van der Waals surface area contributed by atoms with Gasteiger partial charge in [-0.2, -0.15) is 0 Å². The summed E-state index contributed by atoms with van der Waals surface area (Å²) in [6.45, 7) is 1.98. The van der Waals surface area contributed by atoms with Crippen molar-refractivity contribution in [1.82, 2.24) is 9.47 Å². The molecule has 0 saturated carbocycles. The minimum atomic E-state index is -0.364. The molecule has 0 bridgehead atoms. The first-order chi connectivity index (χ1) is 14.9. The molecule has 160 valence electrons.